The van der Waals surface area contributed by atoms with Crippen LogP contribution in [0.5, 0.6) is 0 Å². The Kier molecular flexibility index (Phi) is 3.80. The molecule has 0 saturated heterocycles. The van der Waals surface area contributed by atoms with Crippen LogP contribution in [0.4, 0.5) is 0 Å². The zero-order valence-corrected chi connectivity index (χ0v) is 12.9. The number of aromatic nitrogens is 3. The van der Waals surface area contributed by atoms with Gasteiger partial charge in [-0.1, -0.05) is 25.1 Å². The minimum atomic E-state index is 0.861. The molecule has 4 nitrogen and oxygen atoms in total. The van der Waals surface area contributed by atoms with Gasteiger partial charge < -0.3 is 9.88 Å². The van der Waals surface area contributed by atoms with E-state index in [4.69, 9.17) is 0 Å². The second-order valence-electron chi connectivity index (χ2n) is 5.51. The summed E-state index contributed by atoms with van der Waals surface area (Å²) in [5.41, 5.74) is 5.10. The largest absolute Gasteiger partial charge is 0.350 e. The lowest BCUT2D eigenvalue weighted by molar-refractivity contribution is 0.689. The summed E-state index contributed by atoms with van der Waals surface area (Å²) in [5, 5.41) is 9.35. The highest BCUT2D eigenvalue weighted by Crippen LogP contribution is 2.20. The molecule has 110 valence electrons. The zero-order chi connectivity index (χ0) is 14.8. The van der Waals surface area contributed by atoms with Gasteiger partial charge in [0.1, 0.15) is 0 Å². The normalized spacial score (nSPS) is 11.4. The molecule has 4 heteroatoms. The van der Waals surface area contributed by atoms with E-state index >= 15 is 0 Å². The standard InChI is InChI=1S/C17H22N4/c1-4-16-14(12-21(3)19-16)10-18-9-13-11-20(2)17-8-6-5-7-15(13)17/h5-8,11-12,18H,4,9-10H2,1-3H3. The molecule has 0 atom stereocenters. The number of nitrogens with one attached hydrogen (secondary N) is 1. The Hall–Kier alpha value is -2.07. The third kappa shape index (κ3) is 2.72. The average Bonchev–Trinajstić information content (AvgIpc) is 3.00. The third-order valence-corrected chi connectivity index (χ3v) is 3.94. The van der Waals surface area contributed by atoms with Crippen molar-refractivity contribution in [2.75, 3.05) is 0 Å². The summed E-state index contributed by atoms with van der Waals surface area (Å²) in [4.78, 5) is 0. The van der Waals surface area contributed by atoms with E-state index in [9.17, 15) is 0 Å². The van der Waals surface area contributed by atoms with Crippen LogP contribution in [0.3, 0.4) is 0 Å². The first-order valence-corrected chi connectivity index (χ1v) is 7.44. The highest BCUT2D eigenvalue weighted by atomic mass is 15.3. The summed E-state index contributed by atoms with van der Waals surface area (Å²) < 4.78 is 4.08. The maximum Gasteiger partial charge on any atom is 0.0666 e. The van der Waals surface area contributed by atoms with E-state index in [1.165, 1.54) is 27.7 Å². The van der Waals surface area contributed by atoms with Crippen molar-refractivity contribution in [3.05, 3.63) is 53.5 Å². The molecule has 1 aromatic carbocycles. The SMILES string of the molecule is CCc1nn(C)cc1CNCc1cn(C)c2ccccc12. The van der Waals surface area contributed by atoms with Crippen molar-refractivity contribution in [2.45, 2.75) is 26.4 Å². The first-order valence-electron chi connectivity index (χ1n) is 7.44. The van der Waals surface area contributed by atoms with E-state index in [0.717, 1.165) is 19.5 Å². The quantitative estimate of drug-likeness (QED) is 0.781. The number of hydrogen-bond acceptors (Lipinski definition) is 2. The molecule has 0 aliphatic heterocycles. The Balaban J connectivity index is 1.72. The number of fused-ring (bicyclic) bond motifs is 1. The molecule has 0 unspecified atom stereocenters. The van der Waals surface area contributed by atoms with E-state index in [1.54, 1.807) is 0 Å². The van der Waals surface area contributed by atoms with Gasteiger partial charge in [-0.05, 0) is 18.1 Å². The molecule has 0 aliphatic carbocycles. The van der Waals surface area contributed by atoms with Gasteiger partial charge >= 0.3 is 0 Å². The molecule has 0 fully saturated rings. The van der Waals surface area contributed by atoms with Crippen LogP contribution >= 0.6 is 0 Å². The maximum absolute atomic E-state index is 4.48. The molecule has 0 amide bonds. The van der Waals surface area contributed by atoms with Crippen LogP contribution in [0.1, 0.15) is 23.7 Å². The van der Waals surface area contributed by atoms with Gasteiger partial charge in [0.25, 0.3) is 0 Å². The lowest BCUT2D eigenvalue weighted by Gasteiger charge is -2.03. The molecule has 0 bridgehead atoms. The molecule has 0 spiro atoms. The van der Waals surface area contributed by atoms with Gasteiger partial charge in [0.05, 0.1) is 5.69 Å². The van der Waals surface area contributed by atoms with Crippen molar-refractivity contribution in [2.24, 2.45) is 14.1 Å². The fourth-order valence-corrected chi connectivity index (χ4v) is 2.93. The van der Waals surface area contributed by atoms with Gasteiger partial charge in [0.15, 0.2) is 0 Å². The van der Waals surface area contributed by atoms with Crippen LogP contribution < -0.4 is 5.32 Å². The molecule has 3 rings (SSSR count). The van der Waals surface area contributed by atoms with Crippen molar-refractivity contribution in [3.63, 3.8) is 0 Å². The van der Waals surface area contributed by atoms with Crippen LogP contribution in [0.25, 0.3) is 10.9 Å². The Labute approximate surface area is 125 Å². The third-order valence-electron chi connectivity index (χ3n) is 3.94. The summed E-state index contributed by atoms with van der Waals surface area (Å²) >= 11 is 0. The van der Waals surface area contributed by atoms with Crippen LogP contribution in [-0.2, 0) is 33.6 Å². The van der Waals surface area contributed by atoms with Crippen LogP contribution in [0, 0.1) is 0 Å². The van der Waals surface area contributed by atoms with Gasteiger partial charge in [-0.2, -0.15) is 5.10 Å². The molecule has 0 radical (unpaired) electrons. The Morgan fingerprint density at radius 1 is 1.05 bits per heavy atom. The first-order chi connectivity index (χ1) is 10.2. The predicted molar refractivity (Wildman–Crippen MR) is 86.0 cm³/mol. The molecule has 2 aromatic heterocycles. The Bertz CT molecular complexity index is 751. The van der Waals surface area contributed by atoms with Gasteiger partial charge in [-0.25, -0.2) is 0 Å². The molecular formula is C17H22N4. The van der Waals surface area contributed by atoms with Gasteiger partial charge in [-0.3, -0.25) is 4.68 Å². The number of aryl methyl sites for hydroxylation is 3. The number of hydrogen-bond donors (Lipinski definition) is 1. The molecule has 1 N–H and O–H groups in total. The summed E-state index contributed by atoms with van der Waals surface area (Å²) in [5.74, 6) is 0. The number of nitrogens with zero attached hydrogens (tertiary/aromatic N) is 3. The van der Waals surface area contributed by atoms with Crippen LogP contribution in [-0.4, -0.2) is 14.3 Å². The molecule has 0 aliphatic rings. The molecule has 3 aromatic rings. The zero-order valence-electron chi connectivity index (χ0n) is 12.9. The highest BCUT2D eigenvalue weighted by Gasteiger charge is 2.08. The number of para-hydroxylation sites is 1. The minimum absolute atomic E-state index is 0.861. The van der Waals surface area contributed by atoms with E-state index < -0.39 is 0 Å². The van der Waals surface area contributed by atoms with Crippen LogP contribution in [0.2, 0.25) is 0 Å². The van der Waals surface area contributed by atoms with E-state index in [-0.39, 0.29) is 0 Å². The van der Waals surface area contributed by atoms with E-state index in [0.29, 0.717) is 0 Å². The molecule has 2 heterocycles. The van der Waals surface area contributed by atoms with Crippen molar-refractivity contribution >= 4 is 10.9 Å². The van der Waals surface area contributed by atoms with E-state index in [2.05, 4.69) is 65.6 Å². The second-order valence-corrected chi connectivity index (χ2v) is 5.51. The Morgan fingerprint density at radius 3 is 2.62 bits per heavy atom. The maximum atomic E-state index is 4.48. The summed E-state index contributed by atoms with van der Waals surface area (Å²) in [7, 11) is 4.08. The Morgan fingerprint density at radius 2 is 1.81 bits per heavy atom. The average molecular weight is 282 g/mol. The number of benzene rings is 1. The first kappa shape index (κ1) is 13.9. The van der Waals surface area contributed by atoms with Crippen molar-refractivity contribution in [1.29, 1.82) is 0 Å². The van der Waals surface area contributed by atoms with Crippen molar-refractivity contribution in [1.82, 2.24) is 19.7 Å². The van der Waals surface area contributed by atoms with E-state index in [1.807, 2.05) is 11.7 Å². The molecule has 21 heavy (non-hydrogen) atoms. The monoisotopic (exact) mass is 282 g/mol. The predicted octanol–water partition coefficient (Wildman–Crippen LogP) is 2.76. The smallest absolute Gasteiger partial charge is 0.0666 e. The summed E-state index contributed by atoms with van der Waals surface area (Å²) in [6.07, 6.45) is 5.29. The fourth-order valence-electron chi connectivity index (χ4n) is 2.93. The number of rotatable bonds is 5. The lowest BCUT2D eigenvalue weighted by atomic mass is 10.1. The molecule has 0 saturated carbocycles. The van der Waals surface area contributed by atoms with Gasteiger partial charge in [-0.15, -0.1) is 0 Å². The summed E-state index contributed by atoms with van der Waals surface area (Å²) in [6.45, 7) is 3.89. The topological polar surface area (TPSA) is 34.8 Å². The highest BCUT2D eigenvalue weighted by molar-refractivity contribution is 5.83. The summed E-state index contributed by atoms with van der Waals surface area (Å²) in [6, 6.07) is 8.54. The van der Waals surface area contributed by atoms with Gasteiger partial charge in [0, 0.05) is 56.0 Å². The lowest BCUT2D eigenvalue weighted by Crippen LogP contribution is -2.13. The van der Waals surface area contributed by atoms with Gasteiger partial charge in [0.2, 0.25) is 0 Å². The van der Waals surface area contributed by atoms with Crippen molar-refractivity contribution < 1.29 is 0 Å². The minimum Gasteiger partial charge on any atom is -0.350 e. The van der Waals surface area contributed by atoms with Crippen molar-refractivity contribution in [3.8, 4) is 0 Å². The molecular weight excluding hydrogens is 260 g/mol. The second kappa shape index (κ2) is 5.74. The van der Waals surface area contributed by atoms with Crippen LogP contribution in [0.15, 0.2) is 36.7 Å². The fraction of sp³-hybridized carbons (Fsp3) is 0.353.